The number of anilines is 1. The van der Waals surface area contributed by atoms with Gasteiger partial charge in [0.2, 0.25) is 5.91 Å². The van der Waals surface area contributed by atoms with Crippen LogP contribution in [0.4, 0.5) is 5.69 Å². The Hall–Kier alpha value is -1.55. The van der Waals surface area contributed by atoms with Gasteiger partial charge in [0.1, 0.15) is 0 Å². The third kappa shape index (κ3) is 3.75. The van der Waals surface area contributed by atoms with Crippen LogP contribution in [0.5, 0.6) is 0 Å². The van der Waals surface area contributed by atoms with Crippen LogP contribution in [0.25, 0.3) is 0 Å². The van der Waals surface area contributed by atoms with Gasteiger partial charge in [-0.25, -0.2) is 0 Å². The molecular weight excluding hydrogens is 216 g/mol. The predicted octanol–water partition coefficient (Wildman–Crippen LogP) is 1.44. The molecule has 1 aromatic carbocycles. The third-order valence-corrected chi connectivity index (χ3v) is 2.66. The molecule has 0 aromatic heterocycles. The van der Waals surface area contributed by atoms with E-state index in [1.54, 1.807) is 6.92 Å². The molecule has 0 unspecified atom stereocenters. The van der Waals surface area contributed by atoms with Crippen LogP contribution in [0.2, 0.25) is 0 Å². The van der Waals surface area contributed by atoms with Crippen LogP contribution >= 0.6 is 0 Å². The van der Waals surface area contributed by atoms with Crippen molar-refractivity contribution in [3.63, 3.8) is 0 Å². The molecule has 0 fully saturated rings. The van der Waals surface area contributed by atoms with Gasteiger partial charge >= 0.3 is 0 Å². The summed E-state index contributed by atoms with van der Waals surface area (Å²) >= 11 is 0. The van der Waals surface area contributed by atoms with Crippen molar-refractivity contribution in [2.75, 3.05) is 11.4 Å². The molecule has 0 bridgehead atoms. The van der Waals surface area contributed by atoms with Crippen LogP contribution in [0, 0.1) is 0 Å². The van der Waals surface area contributed by atoms with Gasteiger partial charge in [0.25, 0.3) is 0 Å². The van der Waals surface area contributed by atoms with Gasteiger partial charge in [0, 0.05) is 11.7 Å². The van der Waals surface area contributed by atoms with E-state index in [0.29, 0.717) is 0 Å². The van der Waals surface area contributed by atoms with E-state index in [0.717, 1.165) is 11.3 Å². The fourth-order valence-corrected chi connectivity index (χ4v) is 1.68. The third-order valence-electron chi connectivity index (χ3n) is 2.66. The minimum atomic E-state index is -0.479. The van der Waals surface area contributed by atoms with Gasteiger partial charge in [-0.05, 0) is 38.5 Å². The monoisotopic (exact) mass is 236 g/mol. The Morgan fingerprint density at radius 1 is 1.29 bits per heavy atom. The first-order valence-corrected chi connectivity index (χ1v) is 5.74. The first-order chi connectivity index (χ1) is 7.91. The number of aliphatic hydroxyl groups excluding tert-OH is 1. The minimum absolute atomic E-state index is 0.194. The lowest BCUT2D eigenvalue weighted by molar-refractivity contribution is -0.116. The van der Waals surface area contributed by atoms with E-state index in [1.165, 1.54) is 0 Å². The van der Waals surface area contributed by atoms with Crippen LogP contribution in [-0.2, 0) is 4.79 Å². The molecule has 0 spiro atoms. The maximum atomic E-state index is 11.0. The predicted molar refractivity (Wildman–Crippen MR) is 68.8 cm³/mol. The zero-order valence-corrected chi connectivity index (χ0v) is 10.6. The van der Waals surface area contributed by atoms with Crippen molar-refractivity contribution in [3.05, 3.63) is 29.8 Å². The summed E-state index contributed by atoms with van der Waals surface area (Å²) in [4.78, 5) is 12.9. The van der Waals surface area contributed by atoms with Gasteiger partial charge in [-0.15, -0.1) is 0 Å². The molecule has 4 nitrogen and oxygen atoms in total. The molecule has 0 aliphatic rings. The molecule has 0 aliphatic carbocycles. The standard InChI is InChI=1S/C13H20N2O2/c1-9(2)15(8-13(14)17)12-6-4-11(5-7-12)10(3)16/h4-7,9-10,16H,8H2,1-3H3,(H2,14,17)/t10-/m0/s1. The van der Waals surface area contributed by atoms with Gasteiger partial charge in [-0.1, -0.05) is 12.1 Å². The molecular formula is C13H20N2O2. The summed E-state index contributed by atoms with van der Waals surface area (Å²) in [5.74, 6) is -0.349. The highest BCUT2D eigenvalue weighted by atomic mass is 16.3. The van der Waals surface area contributed by atoms with E-state index >= 15 is 0 Å². The summed E-state index contributed by atoms with van der Waals surface area (Å²) in [6.45, 7) is 5.93. The molecule has 1 amide bonds. The fourth-order valence-electron chi connectivity index (χ4n) is 1.68. The second-order valence-corrected chi connectivity index (χ2v) is 4.46. The van der Waals surface area contributed by atoms with Crippen LogP contribution in [0.3, 0.4) is 0 Å². The van der Waals surface area contributed by atoms with Crippen molar-refractivity contribution in [3.8, 4) is 0 Å². The molecule has 1 atom stereocenters. The highest BCUT2D eigenvalue weighted by Gasteiger charge is 2.13. The quantitative estimate of drug-likeness (QED) is 0.813. The van der Waals surface area contributed by atoms with Crippen LogP contribution in [0.1, 0.15) is 32.4 Å². The largest absolute Gasteiger partial charge is 0.389 e. The zero-order valence-electron chi connectivity index (χ0n) is 10.6. The molecule has 0 saturated heterocycles. The average Bonchev–Trinajstić information content (AvgIpc) is 2.25. The molecule has 0 radical (unpaired) electrons. The molecule has 94 valence electrons. The number of nitrogens with two attached hydrogens (primary N) is 1. The van der Waals surface area contributed by atoms with Crippen LogP contribution in [0.15, 0.2) is 24.3 Å². The Labute approximate surface area is 102 Å². The number of rotatable bonds is 5. The summed E-state index contributed by atoms with van der Waals surface area (Å²) in [5.41, 5.74) is 7.02. The van der Waals surface area contributed by atoms with E-state index in [9.17, 15) is 9.90 Å². The topological polar surface area (TPSA) is 66.6 Å². The van der Waals surface area contributed by atoms with Crippen molar-refractivity contribution in [1.82, 2.24) is 0 Å². The van der Waals surface area contributed by atoms with Crippen molar-refractivity contribution in [1.29, 1.82) is 0 Å². The second-order valence-electron chi connectivity index (χ2n) is 4.46. The molecule has 0 saturated carbocycles. The van der Waals surface area contributed by atoms with E-state index < -0.39 is 6.10 Å². The molecule has 1 aromatic rings. The minimum Gasteiger partial charge on any atom is -0.389 e. The highest BCUT2D eigenvalue weighted by molar-refractivity contribution is 5.79. The maximum absolute atomic E-state index is 11.0. The maximum Gasteiger partial charge on any atom is 0.236 e. The number of primary amides is 1. The number of benzene rings is 1. The van der Waals surface area contributed by atoms with Crippen LogP contribution in [-0.4, -0.2) is 23.6 Å². The average molecular weight is 236 g/mol. The smallest absolute Gasteiger partial charge is 0.236 e. The summed E-state index contributed by atoms with van der Waals surface area (Å²) < 4.78 is 0. The first kappa shape index (κ1) is 13.5. The van der Waals surface area contributed by atoms with Crippen molar-refractivity contribution in [2.45, 2.75) is 32.9 Å². The van der Waals surface area contributed by atoms with Gasteiger partial charge in [-0.2, -0.15) is 0 Å². The van der Waals surface area contributed by atoms with Gasteiger partial charge in [0.05, 0.1) is 12.6 Å². The van der Waals surface area contributed by atoms with Crippen molar-refractivity contribution >= 4 is 11.6 Å². The lowest BCUT2D eigenvalue weighted by atomic mass is 10.1. The Bertz CT molecular complexity index is 372. The summed E-state index contributed by atoms with van der Waals surface area (Å²) in [5, 5.41) is 9.42. The lowest BCUT2D eigenvalue weighted by Crippen LogP contribution is -2.38. The summed E-state index contributed by atoms with van der Waals surface area (Å²) in [6, 6.07) is 7.70. The van der Waals surface area contributed by atoms with Crippen molar-refractivity contribution in [2.24, 2.45) is 5.73 Å². The Morgan fingerprint density at radius 3 is 2.18 bits per heavy atom. The molecule has 0 heterocycles. The zero-order chi connectivity index (χ0) is 13.0. The first-order valence-electron chi connectivity index (χ1n) is 5.74. The second kappa shape index (κ2) is 5.68. The van der Waals surface area contributed by atoms with Gasteiger partial charge in [0.15, 0.2) is 0 Å². The Balaban J connectivity index is 2.91. The van der Waals surface area contributed by atoms with E-state index in [-0.39, 0.29) is 18.5 Å². The number of hydrogen-bond donors (Lipinski definition) is 2. The highest BCUT2D eigenvalue weighted by Crippen LogP contribution is 2.20. The van der Waals surface area contributed by atoms with E-state index in [4.69, 9.17) is 5.73 Å². The fraction of sp³-hybridized carbons (Fsp3) is 0.462. The normalized spacial score (nSPS) is 12.5. The summed E-state index contributed by atoms with van der Waals surface area (Å²) in [6.07, 6.45) is -0.479. The summed E-state index contributed by atoms with van der Waals surface area (Å²) in [7, 11) is 0. The van der Waals surface area contributed by atoms with Gasteiger partial charge < -0.3 is 15.7 Å². The van der Waals surface area contributed by atoms with Crippen molar-refractivity contribution < 1.29 is 9.90 Å². The molecule has 3 N–H and O–H groups in total. The lowest BCUT2D eigenvalue weighted by Gasteiger charge is -2.27. The number of nitrogens with zero attached hydrogens (tertiary/aromatic N) is 1. The van der Waals surface area contributed by atoms with E-state index in [2.05, 4.69) is 0 Å². The number of aliphatic hydroxyl groups is 1. The molecule has 17 heavy (non-hydrogen) atoms. The number of carbonyl (C=O) groups is 1. The van der Waals surface area contributed by atoms with Crippen LogP contribution < -0.4 is 10.6 Å². The van der Waals surface area contributed by atoms with E-state index in [1.807, 2.05) is 43.0 Å². The molecule has 4 heteroatoms. The molecule has 1 rings (SSSR count). The van der Waals surface area contributed by atoms with Gasteiger partial charge in [-0.3, -0.25) is 4.79 Å². The number of carbonyl (C=O) groups excluding carboxylic acids is 1. The molecule has 0 aliphatic heterocycles. The number of amides is 1. The SMILES string of the molecule is CC(C)N(CC(N)=O)c1ccc([C@H](C)O)cc1. The Morgan fingerprint density at radius 2 is 1.82 bits per heavy atom. The number of hydrogen-bond acceptors (Lipinski definition) is 3. The Kier molecular flexibility index (Phi) is 4.52.